The number of aliphatic hydroxyl groups excluding tert-OH is 1. The molecule has 2 rings (SSSR count). The first kappa shape index (κ1) is 14.5. The van der Waals surface area contributed by atoms with E-state index in [1.54, 1.807) is 6.33 Å². The lowest BCUT2D eigenvalue weighted by Crippen LogP contribution is -2.43. The summed E-state index contributed by atoms with van der Waals surface area (Å²) in [5.74, 6) is 0.0802. The van der Waals surface area contributed by atoms with E-state index in [0.29, 0.717) is 0 Å². The Hall–Kier alpha value is -1.88. The van der Waals surface area contributed by atoms with Crippen LogP contribution in [0.15, 0.2) is 30.6 Å². The lowest BCUT2D eigenvalue weighted by atomic mass is 10.1. The average molecular weight is 275 g/mol. The van der Waals surface area contributed by atoms with Gasteiger partial charge < -0.3 is 15.0 Å². The Balaban J connectivity index is 2.18. The molecule has 0 fully saturated rings. The predicted molar refractivity (Wildman–Crippen MR) is 78.3 cm³/mol. The van der Waals surface area contributed by atoms with Crippen molar-refractivity contribution in [3.05, 3.63) is 30.6 Å². The molecule has 108 valence electrons. The van der Waals surface area contributed by atoms with Crippen LogP contribution in [-0.2, 0) is 4.79 Å². The number of nitrogens with zero attached hydrogens (tertiary/aromatic N) is 2. The Morgan fingerprint density at radius 1 is 1.35 bits per heavy atom. The standard InChI is InChI=1S/C15H21N3O2/c1-10(2)13(8-19)17-15(20)11(3)18-9-16-12-6-4-5-7-14(12)18/h4-7,9-11,13,19H,8H2,1-3H3,(H,17,20)/t11?,13-/m1/s1. The van der Waals surface area contributed by atoms with Crippen LogP contribution in [0.25, 0.3) is 11.0 Å². The summed E-state index contributed by atoms with van der Waals surface area (Å²) in [6.45, 7) is 5.72. The number of para-hydroxylation sites is 2. The van der Waals surface area contributed by atoms with Gasteiger partial charge in [-0.15, -0.1) is 0 Å². The van der Waals surface area contributed by atoms with Crippen LogP contribution in [0.4, 0.5) is 0 Å². The number of carbonyl (C=O) groups excluding carboxylic acids is 1. The van der Waals surface area contributed by atoms with Crippen LogP contribution >= 0.6 is 0 Å². The Bertz CT molecular complexity index is 592. The molecule has 0 aliphatic heterocycles. The molecule has 0 spiro atoms. The van der Waals surface area contributed by atoms with Crippen molar-refractivity contribution in [2.75, 3.05) is 6.61 Å². The molecular weight excluding hydrogens is 254 g/mol. The molecule has 1 aromatic heterocycles. The zero-order chi connectivity index (χ0) is 14.7. The molecule has 5 heteroatoms. The van der Waals surface area contributed by atoms with E-state index < -0.39 is 0 Å². The summed E-state index contributed by atoms with van der Waals surface area (Å²) in [6, 6.07) is 7.12. The fourth-order valence-electron chi connectivity index (χ4n) is 2.14. The number of hydrogen-bond acceptors (Lipinski definition) is 3. The lowest BCUT2D eigenvalue weighted by Gasteiger charge is -2.23. The maximum Gasteiger partial charge on any atom is 0.243 e. The molecule has 0 radical (unpaired) electrons. The molecule has 5 nitrogen and oxygen atoms in total. The number of fused-ring (bicyclic) bond motifs is 1. The molecule has 20 heavy (non-hydrogen) atoms. The molecule has 0 saturated carbocycles. The van der Waals surface area contributed by atoms with Crippen molar-refractivity contribution in [3.8, 4) is 0 Å². The number of imidazole rings is 1. The first-order valence-electron chi connectivity index (χ1n) is 6.87. The number of nitrogens with one attached hydrogen (secondary N) is 1. The summed E-state index contributed by atoms with van der Waals surface area (Å²) >= 11 is 0. The second-order valence-electron chi connectivity index (χ2n) is 5.36. The van der Waals surface area contributed by atoms with E-state index in [0.717, 1.165) is 11.0 Å². The van der Waals surface area contributed by atoms with Crippen molar-refractivity contribution >= 4 is 16.9 Å². The Kier molecular flexibility index (Phi) is 4.39. The third kappa shape index (κ3) is 2.82. The molecular formula is C15H21N3O2. The highest BCUT2D eigenvalue weighted by Gasteiger charge is 2.21. The van der Waals surface area contributed by atoms with Crippen molar-refractivity contribution in [3.63, 3.8) is 0 Å². The monoisotopic (exact) mass is 275 g/mol. The van der Waals surface area contributed by atoms with Crippen LogP contribution in [0, 0.1) is 5.92 Å². The average Bonchev–Trinajstić information content (AvgIpc) is 2.87. The number of benzene rings is 1. The molecule has 1 aromatic carbocycles. The number of aromatic nitrogens is 2. The minimum Gasteiger partial charge on any atom is -0.394 e. The molecule has 0 aliphatic rings. The molecule has 0 bridgehead atoms. The van der Waals surface area contributed by atoms with Crippen LogP contribution in [0.3, 0.4) is 0 Å². The predicted octanol–water partition coefficient (Wildman–Crippen LogP) is 1.73. The fourth-order valence-corrected chi connectivity index (χ4v) is 2.14. The van der Waals surface area contributed by atoms with Gasteiger partial charge in [-0.05, 0) is 25.0 Å². The zero-order valence-electron chi connectivity index (χ0n) is 12.1. The maximum atomic E-state index is 12.3. The van der Waals surface area contributed by atoms with Crippen molar-refractivity contribution in [2.45, 2.75) is 32.9 Å². The summed E-state index contributed by atoms with van der Waals surface area (Å²) < 4.78 is 1.85. The first-order valence-corrected chi connectivity index (χ1v) is 6.87. The van der Waals surface area contributed by atoms with Gasteiger partial charge in [0.25, 0.3) is 0 Å². The minimum atomic E-state index is -0.366. The summed E-state index contributed by atoms with van der Waals surface area (Å²) in [6.07, 6.45) is 1.68. The molecule has 2 N–H and O–H groups in total. The third-order valence-corrected chi connectivity index (χ3v) is 3.61. The topological polar surface area (TPSA) is 67.2 Å². The second-order valence-corrected chi connectivity index (χ2v) is 5.36. The van der Waals surface area contributed by atoms with Crippen LogP contribution in [0.2, 0.25) is 0 Å². The minimum absolute atomic E-state index is 0.0548. The molecule has 2 aromatic rings. The van der Waals surface area contributed by atoms with Gasteiger partial charge in [-0.3, -0.25) is 4.79 Å². The molecule has 1 heterocycles. The first-order chi connectivity index (χ1) is 9.54. The van der Waals surface area contributed by atoms with E-state index in [-0.39, 0.29) is 30.5 Å². The Morgan fingerprint density at radius 3 is 2.70 bits per heavy atom. The van der Waals surface area contributed by atoms with Gasteiger partial charge in [0.1, 0.15) is 6.04 Å². The summed E-state index contributed by atoms with van der Waals surface area (Å²) in [5.41, 5.74) is 1.80. The zero-order valence-corrected chi connectivity index (χ0v) is 12.1. The van der Waals surface area contributed by atoms with Crippen molar-refractivity contribution in [1.82, 2.24) is 14.9 Å². The quantitative estimate of drug-likeness (QED) is 0.873. The van der Waals surface area contributed by atoms with Gasteiger partial charge in [0.15, 0.2) is 0 Å². The smallest absolute Gasteiger partial charge is 0.243 e. The highest BCUT2D eigenvalue weighted by molar-refractivity contribution is 5.83. The third-order valence-electron chi connectivity index (χ3n) is 3.61. The Morgan fingerprint density at radius 2 is 2.05 bits per heavy atom. The van der Waals surface area contributed by atoms with Gasteiger partial charge in [-0.2, -0.15) is 0 Å². The highest BCUT2D eigenvalue weighted by Crippen LogP contribution is 2.17. The van der Waals surface area contributed by atoms with E-state index in [9.17, 15) is 9.90 Å². The summed E-state index contributed by atoms with van der Waals surface area (Å²) in [5, 5.41) is 12.2. The van der Waals surface area contributed by atoms with E-state index in [4.69, 9.17) is 0 Å². The number of carbonyl (C=O) groups is 1. The van der Waals surface area contributed by atoms with Crippen LogP contribution in [-0.4, -0.2) is 33.2 Å². The normalized spacial score (nSPS) is 14.4. The highest BCUT2D eigenvalue weighted by atomic mass is 16.3. The van der Waals surface area contributed by atoms with Crippen LogP contribution in [0.5, 0.6) is 0 Å². The van der Waals surface area contributed by atoms with Gasteiger partial charge in [0.2, 0.25) is 5.91 Å². The van der Waals surface area contributed by atoms with Crippen LogP contribution in [0.1, 0.15) is 26.8 Å². The van der Waals surface area contributed by atoms with Gasteiger partial charge >= 0.3 is 0 Å². The van der Waals surface area contributed by atoms with E-state index in [1.807, 2.05) is 49.6 Å². The molecule has 0 saturated heterocycles. The van der Waals surface area contributed by atoms with Gasteiger partial charge in [-0.25, -0.2) is 4.98 Å². The fraction of sp³-hybridized carbons (Fsp3) is 0.467. The number of aliphatic hydroxyl groups is 1. The van der Waals surface area contributed by atoms with Crippen LogP contribution < -0.4 is 5.32 Å². The summed E-state index contributed by atoms with van der Waals surface area (Å²) in [4.78, 5) is 16.6. The van der Waals surface area contributed by atoms with E-state index in [1.165, 1.54) is 0 Å². The SMILES string of the molecule is CC(C)[C@@H](CO)NC(=O)C(C)n1cnc2ccccc21. The van der Waals surface area contributed by atoms with E-state index >= 15 is 0 Å². The molecule has 1 amide bonds. The van der Waals surface area contributed by atoms with Crippen molar-refractivity contribution < 1.29 is 9.90 Å². The summed E-state index contributed by atoms with van der Waals surface area (Å²) in [7, 11) is 0. The largest absolute Gasteiger partial charge is 0.394 e. The maximum absolute atomic E-state index is 12.3. The van der Waals surface area contributed by atoms with Crippen molar-refractivity contribution in [1.29, 1.82) is 0 Å². The van der Waals surface area contributed by atoms with Gasteiger partial charge in [0.05, 0.1) is 30.0 Å². The number of hydrogen-bond donors (Lipinski definition) is 2. The van der Waals surface area contributed by atoms with Crippen molar-refractivity contribution in [2.24, 2.45) is 5.92 Å². The molecule has 0 aliphatic carbocycles. The molecule has 2 atom stereocenters. The lowest BCUT2D eigenvalue weighted by molar-refractivity contribution is -0.125. The second kappa shape index (κ2) is 6.05. The van der Waals surface area contributed by atoms with Gasteiger partial charge in [-0.1, -0.05) is 26.0 Å². The van der Waals surface area contributed by atoms with E-state index in [2.05, 4.69) is 10.3 Å². The number of rotatable bonds is 5. The van der Waals surface area contributed by atoms with Gasteiger partial charge in [0, 0.05) is 0 Å². The molecule has 1 unspecified atom stereocenters. The number of amides is 1. The Labute approximate surface area is 118 Å².